The normalized spacial score (nSPS) is 11.7. The molecule has 0 unspecified atom stereocenters. The standard InChI is InChI=1S/C13H19N/c1-2-3-4-5-6-7-8-9-10-11-12-13-14/h7-12H,2-6H2,1H3/b8-7+,10-9+,12-11+. The van der Waals surface area contributed by atoms with Crippen molar-refractivity contribution in [1.82, 2.24) is 0 Å². The average Bonchev–Trinajstić information content (AvgIpc) is 2.21. The van der Waals surface area contributed by atoms with Gasteiger partial charge in [0.25, 0.3) is 0 Å². The summed E-state index contributed by atoms with van der Waals surface area (Å²) in [7, 11) is 0. The predicted octanol–water partition coefficient (Wildman–Crippen LogP) is 4.15. The minimum Gasteiger partial charge on any atom is -0.193 e. The molecule has 0 aromatic rings. The molecule has 0 atom stereocenters. The molecule has 0 rings (SSSR count). The molecule has 0 spiro atoms. The highest BCUT2D eigenvalue weighted by molar-refractivity contribution is 5.15. The monoisotopic (exact) mass is 189 g/mol. The van der Waals surface area contributed by atoms with Crippen molar-refractivity contribution >= 4 is 0 Å². The molecule has 0 amide bonds. The van der Waals surface area contributed by atoms with Crippen molar-refractivity contribution in [3.05, 3.63) is 36.5 Å². The highest BCUT2D eigenvalue weighted by Crippen LogP contribution is 2.02. The summed E-state index contributed by atoms with van der Waals surface area (Å²) in [6, 6.07) is 1.94. The lowest BCUT2D eigenvalue weighted by molar-refractivity contribution is 0.674. The first-order valence-electron chi connectivity index (χ1n) is 5.29. The molecular weight excluding hydrogens is 170 g/mol. The molecule has 0 aliphatic carbocycles. The van der Waals surface area contributed by atoms with Crippen molar-refractivity contribution < 1.29 is 0 Å². The fraction of sp³-hybridized carbons (Fsp3) is 0.462. The lowest BCUT2D eigenvalue weighted by atomic mass is 10.1. The van der Waals surface area contributed by atoms with Gasteiger partial charge >= 0.3 is 0 Å². The molecular formula is C13H19N. The summed E-state index contributed by atoms with van der Waals surface area (Å²) in [5.41, 5.74) is 0. The van der Waals surface area contributed by atoms with Crippen LogP contribution in [0, 0.1) is 11.3 Å². The average molecular weight is 189 g/mol. The van der Waals surface area contributed by atoms with Crippen LogP contribution in [0.5, 0.6) is 0 Å². The summed E-state index contributed by atoms with van der Waals surface area (Å²) in [4.78, 5) is 0. The molecule has 0 aromatic heterocycles. The number of allylic oxidation sites excluding steroid dienone is 6. The topological polar surface area (TPSA) is 23.8 Å². The fourth-order valence-electron chi connectivity index (χ4n) is 1.09. The SMILES string of the molecule is CCCCCC/C=C/C=C/C=C/C#N. The Kier molecular flexibility index (Phi) is 10.6. The van der Waals surface area contributed by atoms with Crippen LogP contribution in [0.15, 0.2) is 36.5 Å². The Bertz CT molecular complexity index is 228. The Balaban J connectivity index is 3.32. The van der Waals surface area contributed by atoms with Crippen LogP contribution in [0.2, 0.25) is 0 Å². The molecule has 0 aliphatic rings. The summed E-state index contributed by atoms with van der Waals surface area (Å²) in [5, 5.41) is 8.20. The molecule has 0 aliphatic heterocycles. The molecule has 0 saturated carbocycles. The van der Waals surface area contributed by atoms with E-state index in [1.165, 1.54) is 31.8 Å². The van der Waals surface area contributed by atoms with E-state index in [2.05, 4.69) is 13.0 Å². The number of rotatable bonds is 7. The lowest BCUT2D eigenvalue weighted by Gasteiger charge is -1.92. The van der Waals surface area contributed by atoms with E-state index in [4.69, 9.17) is 5.26 Å². The van der Waals surface area contributed by atoms with Crippen LogP contribution in [0.1, 0.15) is 39.0 Å². The zero-order chi connectivity index (χ0) is 10.5. The maximum Gasteiger partial charge on any atom is 0.0912 e. The van der Waals surface area contributed by atoms with Gasteiger partial charge in [-0.1, -0.05) is 56.6 Å². The van der Waals surface area contributed by atoms with Gasteiger partial charge in [-0.05, 0) is 12.8 Å². The first kappa shape index (κ1) is 12.7. The van der Waals surface area contributed by atoms with Gasteiger partial charge in [0.1, 0.15) is 0 Å². The van der Waals surface area contributed by atoms with Crippen molar-refractivity contribution in [2.24, 2.45) is 0 Å². The number of unbranched alkanes of at least 4 members (excludes halogenated alkanes) is 4. The summed E-state index contributed by atoms with van der Waals surface area (Å²) >= 11 is 0. The number of hydrogen-bond donors (Lipinski definition) is 0. The van der Waals surface area contributed by atoms with Crippen LogP contribution in [0.4, 0.5) is 0 Å². The van der Waals surface area contributed by atoms with Gasteiger partial charge in [0.05, 0.1) is 6.07 Å². The highest BCUT2D eigenvalue weighted by atomic mass is 14.2. The van der Waals surface area contributed by atoms with Crippen LogP contribution in [0.3, 0.4) is 0 Å². The minimum atomic E-state index is 1.16. The number of nitriles is 1. The van der Waals surface area contributed by atoms with Crippen LogP contribution in [-0.4, -0.2) is 0 Å². The largest absolute Gasteiger partial charge is 0.193 e. The van der Waals surface area contributed by atoms with Crippen LogP contribution in [0.25, 0.3) is 0 Å². The molecule has 0 fully saturated rings. The first-order chi connectivity index (χ1) is 6.91. The van der Waals surface area contributed by atoms with E-state index in [0.717, 1.165) is 6.42 Å². The maximum atomic E-state index is 8.20. The Hall–Kier alpha value is -1.29. The van der Waals surface area contributed by atoms with Gasteiger partial charge < -0.3 is 0 Å². The van der Waals surface area contributed by atoms with Crippen molar-refractivity contribution in [2.45, 2.75) is 39.0 Å². The van der Waals surface area contributed by atoms with E-state index >= 15 is 0 Å². The van der Waals surface area contributed by atoms with Gasteiger partial charge in [-0.25, -0.2) is 0 Å². The molecule has 0 N–H and O–H groups in total. The summed E-state index contributed by atoms with van der Waals surface area (Å²) in [5.74, 6) is 0. The Morgan fingerprint density at radius 2 is 1.79 bits per heavy atom. The molecule has 14 heavy (non-hydrogen) atoms. The van der Waals surface area contributed by atoms with Gasteiger partial charge in [-0.3, -0.25) is 0 Å². The van der Waals surface area contributed by atoms with Crippen molar-refractivity contribution in [1.29, 1.82) is 5.26 Å². The van der Waals surface area contributed by atoms with Crippen LogP contribution >= 0.6 is 0 Å². The van der Waals surface area contributed by atoms with E-state index in [0.29, 0.717) is 0 Å². The van der Waals surface area contributed by atoms with E-state index in [1.54, 1.807) is 6.08 Å². The van der Waals surface area contributed by atoms with E-state index in [-0.39, 0.29) is 0 Å². The fourth-order valence-corrected chi connectivity index (χ4v) is 1.09. The molecule has 1 heteroatoms. The summed E-state index contributed by atoms with van der Waals surface area (Å²) < 4.78 is 0. The Labute approximate surface area is 87.4 Å². The lowest BCUT2D eigenvalue weighted by Crippen LogP contribution is -1.72. The Morgan fingerprint density at radius 1 is 1.00 bits per heavy atom. The summed E-state index contributed by atoms with van der Waals surface area (Å²) in [6.07, 6.45) is 17.6. The maximum absolute atomic E-state index is 8.20. The van der Waals surface area contributed by atoms with Crippen molar-refractivity contribution in [3.8, 4) is 6.07 Å². The molecule has 0 radical (unpaired) electrons. The second kappa shape index (κ2) is 11.7. The third-order valence-electron chi connectivity index (χ3n) is 1.86. The third kappa shape index (κ3) is 10.7. The molecule has 1 nitrogen and oxygen atoms in total. The molecule has 0 aromatic carbocycles. The molecule has 76 valence electrons. The van der Waals surface area contributed by atoms with E-state index in [9.17, 15) is 0 Å². The van der Waals surface area contributed by atoms with E-state index in [1.807, 2.05) is 24.3 Å². The molecule has 0 heterocycles. The minimum absolute atomic E-state index is 1.16. The van der Waals surface area contributed by atoms with Gasteiger partial charge in [0.2, 0.25) is 0 Å². The van der Waals surface area contributed by atoms with E-state index < -0.39 is 0 Å². The summed E-state index contributed by atoms with van der Waals surface area (Å²) in [6.45, 7) is 2.22. The van der Waals surface area contributed by atoms with Gasteiger partial charge in [-0.2, -0.15) is 5.26 Å². The predicted molar refractivity (Wildman–Crippen MR) is 61.8 cm³/mol. The van der Waals surface area contributed by atoms with Crippen LogP contribution < -0.4 is 0 Å². The second-order valence-corrected chi connectivity index (χ2v) is 3.15. The third-order valence-corrected chi connectivity index (χ3v) is 1.86. The molecule has 0 saturated heterocycles. The van der Waals surface area contributed by atoms with Crippen LogP contribution in [-0.2, 0) is 0 Å². The molecule has 0 bridgehead atoms. The van der Waals surface area contributed by atoms with Crippen molar-refractivity contribution in [3.63, 3.8) is 0 Å². The first-order valence-corrected chi connectivity index (χ1v) is 5.29. The number of nitrogens with zero attached hydrogens (tertiary/aromatic N) is 1. The quantitative estimate of drug-likeness (QED) is 0.335. The smallest absolute Gasteiger partial charge is 0.0912 e. The second-order valence-electron chi connectivity index (χ2n) is 3.15. The van der Waals surface area contributed by atoms with Gasteiger partial charge in [-0.15, -0.1) is 0 Å². The van der Waals surface area contributed by atoms with Gasteiger partial charge in [0.15, 0.2) is 0 Å². The number of hydrogen-bond acceptors (Lipinski definition) is 1. The Morgan fingerprint density at radius 3 is 2.50 bits per heavy atom. The van der Waals surface area contributed by atoms with Crippen molar-refractivity contribution in [2.75, 3.05) is 0 Å². The highest BCUT2D eigenvalue weighted by Gasteiger charge is 1.82. The zero-order valence-electron chi connectivity index (χ0n) is 8.95. The zero-order valence-corrected chi connectivity index (χ0v) is 8.95. The van der Waals surface area contributed by atoms with Gasteiger partial charge in [0, 0.05) is 6.08 Å².